The molecule has 0 aliphatic heterocycles. The number of nitrogens with one attached hydrogen (secondary N) is 1. The molecule has 0 saturated heterocycles. The minimum Gasteiger partial charge on any atom is -0.489 e. The first-order valence-electron chi connectivity index (χ1n) is 10.2. The normalized spacial score (nSPS) is 17.7. The number of rotatable bonds is 11. The Balaban J connectivity index is 1.57. The van der Waals surface area contributed by atoms with Gasteiger partial charge < -0.3 is 19.9 Å². The number of hydrogen-bond acceptors (Lipinski definition) is 4. The zero-order chi connectivity index (χ0) is 21.6. The maximum absolute atomic E-state index is 10.5. The van der Waals surface area contributed by atoms with Crippen molar-refractivity contribution in [2.45, 2.75) is 42.8 Å². The van der Waals surface area contributed by atoms with Gasteiger partial charge in [-0.05, 0) is 76.7 Å². The fourth-order valence-electron chi connectivity index (χ4n) is 3.67. The van der Waals surface area contributed by atoms with Crippen molar-refractivity contribution < 1.29 is 19.4 Å². The van der Waals surface area contributed by atoms with E-state index in [1.165, 1.54) is 16.7 Å². The molecule has 162 valence electrons. The molecule has 5 nitrogen and oxygen atoms in total. The van der Waals surface area contributed by atoms with E-state index in [1.807, 2.05) is 18.2 Å². The molecule has 30 heavy (non-hydrogen) atoms. The minimum atomic E-state index is -0.794. The molecule has 0 bridgehead atoms. The van der Waals surface area contributed by atoms with Gasteiger partial charge in [-0.2, -0.15) is 0 Å². The second kappa shape index (κ2) is 10.8. The second-order valence-corrected chi connectivity index (χ2v) is 9.46. The van der Waals surface area contributed by atoms with Crippen LogP contribution >= 0.6 is 34.2 Å². The van der Waals surface area contributed by atoms with E-state index in [-0.39, 0.29) is 10.0 Å². The number of halogens is 2. The standard InChI is InChI=1S/C23H27ClINO4/c1-2-16-4-3-5-21(24)19(16)15-29-18-6-7-20-17(14-18)8-10-23(20,25)30-13-12-26-11-9-22(27)28/h3-7,14,26H,2,8-13,15H2,1H3,(H,27,28)/t23-/m0/s1. The number of benzene rings is 2. The maximum atomic E-state index is 10.5. The number of carbonyl (C=O) groups is 1. The first-order chi connectivity index (χ1) is 14.4. The Morgan fingerprint density at radius 1 is 1.30 bits per heavy atom. The van der Waals surface area contributed by atoms with Gasteiger partial charge in [-0.15, -0.1) is 0 Å². The lowest BCUT2D eigenvalue weighted by Crippen LogP contribution is -2.27. The van der Waals surface area contributed by atoms with Gasteiger partial charge in [-0.1, -0.05) is 36.7 Å². The fourth-order valence-corrected chi connectivity index (χ4v) is 4.93. The van der Waals surface area contributed by atoms with E-state index in [4.69, 9.17) is 26.2 Å². The summed E-state index contributed by atoms with van der Waals surface area (Å²) < 4.78 is 11.9. The van der Waals surface area contributed by atoms with E-state index in [9.17, 15) is 4.79 Å². The van der Waals surface area contributed by atoms with Gasteiger partial charge in [-0.25, -0.2) is 0 Å². The quantitative estimate of drug-likeness (QED) is 0.235. The molecule has 2 aromatic carbocycles. The van der Waals surface area contributed by atoms with Crippen LogP contribution in [0.4, 0.5) is 0 Å². The molecular formula is C23H27ClINO4. The molecule has 2 N–H and O–H groups in total. The highest BCUT2D eigenvalue weighted by atomic mass is 127. The molecule has 0 saturated carbocycles. The highest BCUT2D eigenvalue weighted by Gasteiger charge is 2.37. The van der Waals surface area contributed by atoms with Crippen LogP contribution in [-0.4, -0.2) is 30.8 Å². The summed E-state index contributed by atoms with van der Waals surface area (Å²) in [5.74, 6) is 0.0451. The molecule has 0 aromatic heterocycles. The van der Waals surface area contributed by atoms with E-state index in [2.05, 4.69) is 53.0 Å². The number of alkyl halides is 1. The van der Waals surface area contributed by atoms with Gasteiger partial charge in [0, 0.05) is 23.7 Å². The number of aliphatic carboxylic acids is 1. The Bertz CT molecular complexity index is 892. The molecule has 0 fully saturated rings. The molecule has 0 radical (unpaired) electrons. The van der Waals surface area contributed by atoms with Crippen molar-refractivity contribution in [3.8, 4) is 5.75 Å². The van der Waals surface area contributed by atoms with Crippen molar-refractivity contribution in [2.75, 3.05) is 19.7 Å². The topological polar surface area (TPSA) is 67.8 Å². The third kappa shape index (κ3) is 5.87. The van der Waals surface area contributed by atoms with E-state index >= 15 is 0 Å². The second-order valence-electron chi connectivity index (χ2n) is 7.31. The monoisotopic (exact) mass is 543 g/mol. The van der Waals surface area contributed by atoms with E-state index in [0.717, 1.165) is 35.6 Å². The lowest BCUT2D eigenvalue weighted by molar-refractivity contribution is -0.136. The molecule has 7 heteroatoms. The van der Waals surface area contributed by atoms with E-state index in [1.54, 1.807) is 0 Å². The van der Waals surface area contributed by atoms with Crippen LogP contribution in [0.2, 0.25) is 5.02 Å². The Labute approximate surface area is 196 Å². The van der Waals surface area contributed by atoms with Crippen LogP contribution in [-0.2, 0) is 32.6 Å². The van der Waals surface area contributed by atoms with Crippen molar-refractivity contribution in [3.05, 3.63) is 63.7 Å². The molecular weight excluding hydrogens is 517 g/mol. The van der Waals surface area contributed by atoms with Crippen molar-refractivity contribution in [2.24, 2.45) is 0 Å². The highest BCUT2D eigenvalue weighted by Crippen LogP contribution is 2.46. The van der Waals surface area contributed by atoms with Gasteiger partial charge in [-0.3, -0.25) is 4.79 Å². The number of ether oxygens (including phenoxy) is 2. The van der Waals surface area contributed by atoms with Gasteiger partial charge in [0.2, 0.25) is 0 Å². The van der Waals surface area contributed by atoms with Crippen molar-refractivity contribution in [3.63, 3.8) is 0 Å². The third-order valence-electron chi connectivity index (χ3n) is 5.30. The highest BCUT2D eigenvalue weighted by molar-refractivity contribution is 14.1. The van der Waals surface area contributed by atoms with Gasteiger partial charge in [0.25, 0.3) is 0 Å². The first kappa shape index (κ1) is 23.3. The summed E-state index contributed by atoms with van der Waals surface area (Å²) in [7, 11) is 0. The van der Waals surface area contributed by atoms with Gasteiger partial charge in [0.1, 0.15) is 16.0 Å². The molecule has 3 rings (SSSR count). The number of aryl methyl sites for hydroxylation is 2. The molecule has 0 unspecified atom stereocenters. The third-order valence-corrected chi connectivity index (χ3v) is 7.09. The number of fused-ring (bicyclic) bond motifs is 1. The minimum absolute atomic E-state index is 0.120. The maximum Gasteiger partial charge on any atom is 0.304 e. The number of carboxylic acid groups (broad SMARTS) is 1. The van der Waals surface area contributed by atoms with Crippen LogP contribution in [0, 0.1) is 0 Å². The van der Waals surface area contributed by atoms with Crippen LogP contribution in [0.25, 0.3) is 0 Å². The van der Waals surface area contributed by atoms with E-state index in [0.29, 0.717) is 26.3 Å². The summed E-state index contributed by atoms with van der Waals surface area (Å²) in [5, 5.41) is 12.5. The number of hydrogen-bond donors (Lipinski definition) is 2. The summed E-state index contributed by atoms with van der Waals surface area (Å²) in [6.07, 6.45) is 2.89. The van der Waals surface area contributed by atoms with Gasteiger partial charge >= 0.3 is 5.97 Å². The Hall–Kier alpha value is -1.35. The summed E-state index contributed by atoms with van der Waals surface area (Å²) >= 11 is 8.75. The summed E-state index contributed by atoms with van der Waals surface area (Å²) in [5.41, 5.74) is 4.69. The van der Waals surface area contributed by atoms with Crippen molar-refractivity contribution in [1.29, 1.82) is 0 Å². The molecule has 0 amide bonds. The fraction of sp³-hybridized carbons (Fsp3) is 0.435. The average Bonchev–Trinajstić information content (AvgIpc) is 3.05. The first-order valence-corrected chi connectivity index (χ1v) is 11.7. The lowest BCUT2D eigenvalue weighted by Gasteiger charge is -2.24. The number of carboxylic acids is 1. The van der Waals surface area contributed by atoms with Crippen LogP contribution in [0.3, 0.4) is 0 Å². The Morgan fingerprint density at radius 3 is 2.90 bits per heavy atom. The Morgan fingerprint density at radius 2 is 2.13 bits per heavy atom. The lowest BCUT2D eigenvalue weighted by atomic mass is 10.1. The SMILES string of the molecule is CCc1cccc(Cl)c1COc1ccc2c(c1)CC[C@]2(I)OCCNCCC(=O)O. The van der Waals surface area contributed by atoms with Crippen molar-refractivity contribution in [1.82, 2.24) is 5.32 Å². The molecule has 0 heterocycles. The van der Waals surface area contributed by atoms with Crippen LogP contribution in [0.1, 0.15) is 42.0 Å². The predicted molar refractivity (Wildman–Crippen MR) is 127 cm³/mol. The van der Waals surface area contributed by atoms with Gasteiger partial charge in [0.15, 0.2) is 0 Å². The summed E-state index contributed by atoms with van der Waals surface area (Å²) in [6, 6.07) is 12.2. The largest absolute Gasteiger partial charge is 0.489 e. The molecule has 2 aromatic rings. The Kier molecular flexibility index (Phi) is 8.39. The zero-order valence-corrected chi connectivity index (χ0v) is 20.0. The molecule has 0 spiro atoms. The summed E-state index contributed by atoms with van der Waals surface area (Å²) in [4.78, 5) is 10.5. The van der Waals surface area contributed by atoms with Crippen molar-refractivity contribution >= 4 is 40.2 Å². The molecule has 1 aliphatic rings. The smallest absolute Gasteiger partial charge is 0.304 e. The van der Waals surface area contributed by atoms with Crippen LogP contribution < -0.4 is 10.1 Å². The summed E-state index contributed by atoms with van der Waals surface area (Å²) in [6.45, 7) is 4.19. The van der Waals surface area contributed by atoms with Crippen LogP contribution in [0.5, 0.6) is 5.75 Å². The molecule has 1 atom stereocenters. The predicted octanol–water partition coefficient (Wildman–Crippen LogP) is 5.10. The zero-order valence-electron chi connectivity index (χ0n) is 17.0. The van der Waals surface area contributed by atoms with E-state index < -0.39 is 5.97 Å². The van der Waals surface area contributed by atoms with Crippen LogP contribution in [0.15, 0.2) is 36.4 Å². The average molecular weight is 544 g/mol. The van der Waals surface area contributed by atoms with Gasteiger partial charge in [0.05, 0.1) is 13.0 Å². The molecule has 1 aliphatic carbocycles.